The van der Waals surface area contributed by atoms with E-state index in [4.69, 9.17) is 18.9 Å². The SMILES string of the molecule is CC/C=C\C/C=C\C/C=C\C/C=C\C/C=C\C/C=C\CCCCCCCCCCCCCCCCCCCCC(=O)NC(COC1OC(CO)C(OC2OC(CO)C(O)C(O)C2O)C(O)C1O)C(O)CCCCCCCCCCCCCCCCCCCCC. The van der Waals surface area contributed by atoms with E-state index in [9.17, 15) is 45.6 Å². The second kappa shape index (κ2) is 60.1. The molecule has 14 nitrogen and oxygen atoms in total. The zero-order valence-electron chi connectivity index (χ0n) is 57.1. The van der Waals surface area contributed by atoms with E-state index in [2.05, 4.69) is 92.1 Å². The van der Waals surface area contributed by atoms with Crippen LogP contribution in [-0.2, 0) is 23.7 Å². The van der Waals surface area contributed by atoms with Gasteiger partial charge in [-0.15, -0.1) is 0 Å². The lowest BCUT2D eigenvalue weighted by molar-refractivity contribution is -0.359. The van der Waals surface area contributed by atoms with Crippen LogP contribution in [0, 0.1) is 0 Å². The lowest BCUT2D eigenvalue weighted by Crippen LogP contribution is -2.65. The van der Waals surface area contributed by atoms with E-state index < -0.39 is 86.8 Å². The Labute approximate surface area is 548 Å². The molecule has 2 rings (SSSR count). The monoisotopic (exact) mass is 1270 g/mol. The van der Waals surface area contributed by atoms with Gasteiger partial charge in [0.1, 0.15) is 48.8 Å². The van der Waals surface area contributed by atoms with Gasteiger partial charge in [0.2, 0.25) is 5.91 Å². The summed E-state index contributed by atoms with van der Waals surface area (Å²) in [4.78, 5) is 13.4. The third-order valence-corrected chi connectivity index (χ3v) is 17.9. The van der Waals surface area contributed by atoms with Crippen LogP contribution in [0.1, 0.15) is 309 Å². The molecule has 9 N–H and O–H groups in total. The standard InChI is InChI=1S/C76H137NO13/c1-3-5-7-9-11-13-15-17-19-21-23-24-25-26-27-28-29-30-31-32-33-34-35-36-37-38-39-40-42-44-46-48-50-52-54-56-58-60-68(81)77-64(65(80)59-57-55-53-51-49-47-45-43-41-22-20-18-16-14-12-10-8-6-4-2)63-87-75-73(86)71(84)74(67(62-79)89-75)90-76-72(85)70(83)69(82)66(61-78)88-76/h5,7,11,13,17,19,23-24,26-27,29-30,64-67,69-76,78-80,82-86H,3-4,6,8-10,12,14-16,18,20-22,25,28,31-63H2,1-2H3,(H,77,81)/b7-5-,13-11-,19-17-,24-23-,27-26-,30-29-. The molecule has 0 spiro atoms. The van der Waals surface area contributed by atoms with Crippen LogP contribution >= 0.6 is 0 Å². The van der Waals surface area contributed by atoms with Crippen molar-refractivity contribution in [3.8, 4) is 0 Å². The Kier molecular flexibility index (Phi) is 55.8. The zero-order valence-corrected chi connectivity index (χ0v) is 57.1. The normalized spacial score (nSPS) is 23.3. The number of ether oxygens (including phenoxy) is 4. The fourth-order valence-electron chi connectivity index (χ4n) is 12.1. The van der Waals surface area contributed by atoms with Gasteiger partial charge in [0.05, 0.1) is 32.0 Å². The minimum absolute atomic E-state index is 0.203. The van der Waals surface area contributed by atoms with Gasteiger partial charge in [0, 0.05) is 6.42 Å². The molecule has 2 fully saturated rings. The van der Waals surface area contributed by atoms with Crippen molar-refractivity contribution >= 4 is 5.91 Å². The van der Waals surface area contributed by atoms with E-state index >= 15 is 0 Å². The summed E-state index contributed by atoms with van der Waals surface area (Å²) in [5.74, 6) is -0.203. The molecular formula is C76H137NO13. The first kappa shape index (κ1) is 83.5. The van der Waals surface area contributed by atoms with Crippen LogP contribution in [-0.4, -0.2) is 140 Å². The molecule has 0 aromatic rings. The largest absolute Gasteiger partial charge is 0.394 e. The molecule has 524 valence electrons. The van der Waals surface area contributed by atoms with E-state index in [0.717, 1.165) is 89.9 Å². The summed E-state index contributed by atoms with van der Waals surface area (Å²) in [5, 5.41) is 87.7. The summed E-state index contributed by atoms with van der Waals surface area (Å²) in [6, 6.07) is -0.831. The van der Waals surface area contributed by atoms with Crippen molar-refractivity contribution in [3.05, 3.63) is 72.9 Å². The van der Waals surface area contributed by atoms with Gasteiger partial charge < -0.3 is 65.1 Å². The maximum Gasteiger partial charge on any atom is 0.220 e. The van der Waals surface area contributed by atoms with Crippen LogP contribution in [0.3, 0.4) is 0 Å². The van der Waals surface area contributed by atoms with Crippen molar-refractivity contribution in [2.45, 2.75) is 383 Å². The highest BCUT2D eigenvalue weighted by atomic mass is 16.7. The highest BCUT2D eigenvalue weighted by Gasteiger charge is 2.51. The average Bonchev–Trinajstić information content (AvgIpc) is 1.58. The summed E-state index contributed by atoms with van der Waals surface area (Å²) >= 11 is 0. The van der Waals surface area contributed by atoms with E-state index in [1.807, 2.05) is 0 Å². The zero-order chi connectivity index (χ0) is 65.2. The van der Waals surface area contributed by atoms with Gasteiger partial charge in [-0.3, -0.25) is 4.79 Å². The van der Waals surface area contributed by atoms with Crippen molar-refractivity contribution in [2.75, 3.05) is 19.8 Å². The van der Waals surface area contributed by atoms with Gasteiger partial charge in [-0.2, -0.15) is 0 Å². The number of amides is 1. The topological polar surface area (TPSA) is 228 Å². The van der Waals surface area contributed by atoms with Crippen LogP contribution in [0.2, 0.25) is 0 Å². The number of aliphatic hydroxyl groups excluding tert-OH is 8. The second-order valence-corrected chi connectivity index (χ2v) is 26.0. The Balaban J connectivity index is 1.60. The lowest BCUT2D eigenvalue weighted by Gasteiger charge is -2.46. The van der Waals surface area contributed by atoms with Crippen LogP contribution in [0.15, 0.2) is 72.9 Å². The quantitative estimate of drug-likeness (QED) is 0.0204. The van der Waals surface area contributed by atoms with Crippen LogP contribution in [0.4, 0.5) is 0 Å². The minimum atomic E-state index is -1.78. The van der Waals surface area contributed by atoms with Gasteiger partial charge in [0.25, 0.3) is 0 Å². The Morgan fingerprint density at radius 3 is 1.18 bits per heavy atom. The molecular weight excluding hydrogens is 1130 g/mol. The highest BCUT2D eigenvalue weighted by Crippen LogP contribution is 2.30. The van der Waals surface area contributed by atoms with E-state index in [-0.39, 0.29) is 12.5 Å². The number of unbranched alkanes of at least 4 members (excludes halogenated alkanes) is 36. The van der Waals surface area contributed by atoms with Gasteiger partial charge >= 0.3 is 0 Å². The predicted molar refractivity (Wildman–Crippen MR) is 369 cm³/mol. The molecule has 2 aliphatic heterocycles. The lowest BCUT2D eigenvalue weighted by atomic mass is 9.97. The molecule has 12 atom stereocenters. The molecule has 0 aromatic carbocycles. The smallest absolute Gasteiger partial charge is 0.220 e. The molecule has 2 heterocycles. The fraction of sp³-hybridized carbons (Fsp3) is 0.829. The van der Waals surface area contributed by atoms with E-state index in [1.54, 1.807) is 0 Å². The van der Waals surface area contributed by atoms with E-state index in [1.165, 1.54) is 193 Å². The van der Waals surface area contributed by atoms with Gasteiger partial charge in [-0.25, -0.2) is 0 Å². The van der Waals surface area contributed by atoms with Crippen molar-refractivity contribution in [1.82, 2.24) is 5.32 Å². The number of hydrogen-bond donors (Lipinski definition) is 9. The summed E-state index contributed by atoms with van der Waals surface area (Å²) in [6.07, 6.45) is 64.9. The molecule has 1 amide bonds. The maximum absolute atomic E-state index is 13.4. The molecule has 2 saturated heterocycles. The van der Waals surface area contributed by atoms with Crippen LogP contribution < -0.4 is 5.32 Å². The summed E-state index contributed by atoms with van der Waals surface area (Å²) in [7, 11) is 0. The van der Waals surface area contributed by atoms with Crippen molar-refractivity contribution in [3.63, 3.8) is 0 Å². The third kappa shape index (κ3) is 43.4. The first-order chi connectivity index (χ1) is 44.1. The highest BCUT2D eigenvalue weighted by molar-refractivity contribution is 5.76. The fourth-order valence-corrected chi connectivity index (χ4v) is 12.1. The minimum Gasteiger partial charge on any atom is -0.394 e. The number of nitrogens with one attached hydrogen (secondary N) is 1. The number of carbonyl (C=O) groups is 1. The van der Waals surface area contributed by atoms with Gasteiger partial charge in [0.15, 0.2) is 12.6 Å². The first-order valence-corrected chi connectivity index (χ1v) is 37.2. The van der Waals surface area contributed by atoms with Gasteiger partial charge in [-0.1, -0.05) is 311 Å². The molecule has 0 saturated carbocycles. The Hall–Kier alpha value is -2.57. The summed E-state index contributed by atoms with van der Waals surface area (Å²) in [6.45, 7) is 2.78. The molecule has 0 aromatic heterocycles. The van der Waals surface area contributed by atoms with E-state index in [0.29, 0.717) is 12.8 Å². The first-order valence-electron chi connectivity index (χ1n) is 37.2. The summed E-state index contributed by atoms with van der Waals surface area (Å²) in [5.41, 5.74) is 0. The number of allylic oxidation sites excluding steroid dienone is 12. The number of aliphatic hydroxyl groups is 8. The van der Waals surface area contributed by atoms with Gasteiger partial charge in [-0.05, 0) is 64.2 Å². The van der Waals surface area contributed by atoms with Crippen molar-refractivity contribution < 1.29 is 64.6 Å². The molecule has 0 aliphatic carbocycles. The molecule has 0 bridgehead atoms. The summed E-state index contributed by atoms with van der Waals surface area (Å²) < 4.78 is 22.9. The molecule has 90 heavy (non-hydrogen) atoms. The molecule has 0 radical (unpaired) electrons. The number of hydrogen-bond acceptors (Lipinski definition) is 13. The van der Waals surface area contributed by atoms with Crippen LogP contribution in [0.25, 0.3) is 0 Å². The van der Waals surface area contributed by atoms with Crippen LogP contribution in [0.5, 0.6) is 0 Å². The third-order valence-electron chi connectivity index (χ3n) is 17.9. The Morgan fingerprint density at radius 1 is 0.411 bits per heavy atom. The van der Waals surface area contributed by atoms with Crippen molar-refractivity contribution in [1.29, 1.82) is 0 Å². The predicted octanol–water partition coefficient (Wildman–Crippen LogP) is 15.8. The maximum atomic E-state index is 13.4. The molecule has 2 aliphatic rings. The molecule has 14 heteroatoms. The molecule has 12 unspecified atom stereocenters. The number of rotatable bonds is 61. The van der Waals surface area contributed by atoms with Crippen molar-refractivity contribution in [2.24, 2.45) is 0 Å². The number of carbonyl (C=O) groups excluding carboxylic acids is 1. The average molecular weight is 1270 g/mol. The second-order valence-electron chi connectivity index (χ2n) is 26.0. The Morgan fingerprint density at radius 2 is 0.767 bits per heavy atom. The Bertz CT molecular complexity index is 1790.